The summed E-state index contributed by atoms with van der Waals surface area (Å²) >= 11 is 1.61. The van der Waals surface area contributed by atoms with E-state index >= 15 is 0 Å². The summed E-state index contributed by atoms with van der Waals surface area (Å²) in [4.78, 5) is 5.76. The van der Waals surface area contributed by atoms with Gasteiger partial charge in [0.2, 0.25) is 10.0 Å². The Bertz CT molecular complexity index is 1070. The van der Waals surface area contributed by atoms with Crippen LogP contribution in [0.1, 0.15) is 26.7 Å². The molecule has 7 heteroatoms. The number of aryl methyl sites for hydroxylation is 1. The monoisotopic (exact) mass is 397 g/mol. The van der Waals surface area contributed by atoms with E-state index in [9.17, 15) is 8.42 Å². The van der Waals surface area contributed by atoms with Gasteiger partial charge in [0.15, 0.2) is 0 Å². The van der Waals surface area contributed by atoms with E-state index in [1.54, 1.807) is 23.5 Å². The molecule has 0 saturated carbocycles. The zero-order chi connectivity index (χ0) is 19.3. The molecule has 3 rings (SSSR count). The van der Waals surface area contributed by atoms with Gasteiger partial charge < -0.3 is 0 Å². The molecule has 0 bridgehead atoms. The molecule has 0 aliphatic carbocycles. The number of sulfonamides is 1. The van der Waals surface area contributed by atoms with Crippen LogP contribution in [0.2, 0.25) is 0 Å². The van der Waals surface area contributed by atoms with Crippen molar-refractivity contribution in [1.82, 2.24) is 9.71 Å². The molecule has 0 saturated heterocycles. The minimum Gasteiger partial charge on any atom is -0.246 e. The molecule has 0 fully saturated rings. The molecule has 0 atom stereocenters. The number of aromatic nitrogens is 1. The average molecular weight is 398 g/mol. The molecule has 3 aromatic rings. The highest BCUT2D eigenvalue weighted by atomic mass is 32.2. The first kappa shape index (κ1) is 19.2. The molecule has 0 aliphatic rings. The summed E-state index contributed by atoms with van der Waals surface area (Å²) in [5, 5.41) is 9.99. The SMILES string of the molecule is Cc1nc(CCNS(=O)(=O)c2ccccc2C#N)sc1Cc1ccccc1. The van der Waals surface area contributed by atoms with E-state index in [4.69, 9.17) is 5.26 Å². The fourth-order valence-electron chi connectivity index (χ4n) is 2.70. The Morgan fingerprint density at radius 1 is 1.11 bits per heavy atom. The molecule has 0 amide bonds. The highest BCUT2D eigenvalue weighted by molar-refractivity contribution is 7.89. The number of nitriles is 1. The number of hydrogen-bond donors (Lipinski definition) is 1. The van der Waals surface area contributed by atoms with Crippen LogP contribution in [0.5, 0.6) is 0 Å². The number of nitrogens with one attached hydrogen (secondary N) is 1. The lowest BCUT2D eigenvalue weighted by Gasteiger charge is -2.07. The topological polar surface area (TPSA) is 82.8 Å². The second-order valence-corrected chi connectivity index (χ2v) is 8.94. The first-order valence-corrected chi connectivity index (χ1v) is 10.8. The summed E-state index contributed by atoms with van der Waals surface area (Å²) in [7, 11) is -3.72. The van der Waals surface area contributed by atoms with Gasteiger partial charge in [-0.15, -0.1) is 11.3 Å². The number of rotatable bonds is 7. The lowest BCUT2D eigenvalue weighted by atomic mass is 10.1. The second-order valence-electron chi connectivity index (χ2n) is 6.03. The molecule has 138 valence electrons. The molecule has 1 heterocycles. The lowest BCUT2D eigenvalue weighted by Crippen LogP contribution is -2.26. The predicted octanol–water partition coefficient (Wildman–Crippen LogP) is 3.44. The molecule has 0 aliphatic heterocycles. The van der Waals surface area contributed by atoms with Gasteiger partial charge in [-0.05, 0) is 24.6 Å². The standard InChI is InChI=1S/C20H19N3O2S2/c1-15-18(13-16-7-3-2-4-8-16)26-20(23-15)11-12-22-27(24,25)19-10-6-5-9-17(19)14-21/h2-10,22H,11-13H2,1H3. The van der Waals surface area contributed by atoms with Crippen molar-refractivity contribution in [2.45, 2.75) is 24.7 Å². The predicted molar refractivity (Wildman–Crippen MR) is 106 cm³/mol. The normalized spacial score (nSPS) is 11.3. The molecule has 1 N–H and O–H groups in total. The molecule has 0 spiro atoms. The molecule has 0 unspecified atom stereocenters. The van der Waals surface area contributed by atoms with Crippen molar-refractivity contribution >= 4 is 21.4 Å². The van der Waals surface area contributed by atoms with Gasteiger partial charge in [-0.25, -0.2) is 18.1 Å². The minimum absolute atomic E-state index is 0.00702. The molecule has 2 aromatic carbocycles. The Labute approximate surface area is 163 Å². The largest absolute Gasteiger partial charge is 0.246 e. The van der Waals surface area contributed by atoms with Gasteiger partial charge in [0.25, 0.3) is 0 Å². The number of thiazole rings is 1. The van der Waals surface area contributed by atoms with E-state index in [2.05, 4.69) is 21.8 Å². The van der Waals surface area contributed by atoms with E-state index < -0.39 is 10.0 Å². The van der Waals surface area contributed by atoms with Gasteiger partial charge >= 0.3 is 0 Å². The lowest BCUT2D eigenvalue weighted by molar-refractivity contribution is 0.581. The Balaban J connectivity index is 1.64. The van der Waals surface area contributed by atoms with Gasteiger partial charge in [0.05, 0.1) is 21.2 Å². The Morgan fingerprint density at radius 3 is 2.56 bits per heavy atom. The molecular formula is C20H19N3O2S2. The van der Waals surface area contributed by atoms with Crippen molar-refractivity contribution < 1.29 is 8.42 Å². The summed E-state index contributed by atoms with van der Waals surface area (Å²) in [6.07, 6.45) is 1.33. The summed E-state index contributed by atoms with van der Waals surface area (Å²) in [5.74, 6) is 0. The molecule has 0 radical (unpaired) electrons. The number of nitrogens with zero attached hydrogens (tertiary/aromatic N) is 2. The first-order chi connectivity index (χ1) is 13.0. The van der Waals surface area contributed by atoms with Crippen LogP contribution in [0, 0.1) is 18.3 Å². The van der Waals surface area contributed by atoms with Crippen molar-refractivity contribution in [1.29, 1.82) is 5.26 Å². The molecule has 27 heavy (non-hydrogen) atoms. The van der Waals surface area contributed by atoms with Gasteiger partial charge in [-0.1, -0.05) is 42.5 Å². The highest BCUT2D eigenvalue weighted by Gasteiger charge is 2.18. The highest BCUT2D eigenvalue weighted by Crippen LogP contribution is 2.22. The molecular weight excluding hydrogens is 378 g/mol. The average Bonchev–Trinajstić information content (AvgIpc) is 3.01. The van der Waals surface area contributed by atoms with Crippen LogP contribution in [-0.2, 0) is 22.9 Å². The van der Waals surface area contributed by atoms with Crippen molar-refractivity contribution in [3.63, 3.8) is 0 Å². The Kier molecular flexibility index (Phi) is 6.01. The van der Waals surface area contributed by atoms with E-state index in [0.717, 1.165) is 17.1 Å². The maximum atomic E-state index is 12.4. The summed E-state index contributed by atoms with van der Waals surface area (Å²) in [6, 6.07) is 18.3. The van der Waals surface area contributed by atoms with Crippen molar-refractivity contribution in [2.75, 3.05) is 6.54 Å². The van der Waals surface area contributed by atoms with Crippen molar-refractivity contribution in [3.05, 3.63) is 81.3 Å². The summed E-state index contributed by atoms with van der Waals surface area (Å²) in [6.45, 7) is 2.21. The number of benzene rings is 2. The van der Waals surface area contributed by atoms with Gasteiger partial charge in [0, 0.05) is 24.3 Å². The van der Waals surface area contributed by atoms with E-state index in [0.29, 0.717) is 6.42 Å². The van der Waals surface area contributed by atoms with Crippen LogP contribution in [0.3, 0.4) is 0 Å². The van der Waals surface area contributed by atoms with Gasteiger partial charge in [-0.3, -0.25) is 0 Å². The third-order valence-electron chi connectivity index (χ3n) is 4.07. The fraction of sp³-hybridized carbons (Fsp3) is 0.200. The molecule has 1 aromatic heterocycles. The van der Waals surface area contributed by atoms with E-state index in [1.807, 2.05) is 31.2 Å². The second kappa shape index (κ2) is 8.44. The maximum Gasteiger partial charge on any atom is 0.241 e. The van der Waals surface area contributed by atoms with Gasteiger partial charge in [0.1, 0.15) is 6.07 Å². The first-order valence-electron chi connectivity index (χ1n) is 8.47. The van der Waals surface area contributed by atoms with E-state index in [1.165, 1.54) is 22.6 Å². The minimum atomic E-state index is -3.72. The third kappa shape index (κ3) is 4.80. The van der Waals surface area contributed by atoms with E-state index in [-0.39, 0.29) is 17.0 Å². The Morgan fingerprint density at radius 2 is 1.81 bits per heavy atom. The van der Waals surface area contributed by atoms with Crippen LogP contribution < -0.4 is 4.72 Å². The Hall–Kier alpha value is -2.53. The zero-order valence-electron chi connectivity index (χ0n) is 14.8. The number of hydrogen-bond acceptors (Lipinski definition) is 5. The van der Waals surface area contributed by atoms with Crippen LogP contribution >= 0.6 is 11.3 Å². The zero-order valence-corrected chi connectivity index (χ0v) is 16.5. The van der Waals surface area contributed by atoms with Crippen LogP contribution in [0.4, 0.5) is 0 Å². The maximum absolute atomic E-state index is 12.4. The van der Waals surface area contributed by atoms with Crippen LogP contribution in [-0.4, -0.2) is 19.9 Å². The van der Waals surface area contributed by atoms with Crippen molar-refractivity contribution in [3.8, 4) is 6.07 Å². The van der Waals surface area contributed by atoms with Crippen LogP contribution in [0.15, 0.2) is 59.5 Å². The third-order valence-corrected chi connectivity index (χ3v) is 6.81. The summed E-state index contributed by atoms with van der Waals surface area (Å²) < 4.78 is 27.4. The smallest absolute Gasteiger partial charge is 0.241 e. The van der Waals surface area contributed by atoms with Crippen LogP contribution in [0.25, 0.3) is 0 Å². The summed E-state index contributed by atoms with van der Waals surface area (Å²) in [5.41, 5.74) is 2.35. The van der Waals surface area contributed by atoms with Crippen molar-refractivity contribution in [2.24, 2.45) is 0 Å². The van der Waals surface area contributed by atoms with Gasteiger partial charge in [-0.2, -0.15) is 5.26 Å². The molecule has 5 nitrogen and oxygen atoms in total. The fourth-order valence-corrected chi connectivity index (χ4v) is 4.99. The quantitative estimate of drug-likeness (QED) is 0.662.